The number of hydrogen-bond acceptors (Lipinski definition) is 1. The average Bonchev–Trinajstić information content (AvgIpc) is 2.19. The van der Waals surface area contributed by atoms with Crippen molar-refractivity contribution in [3.63, 3.8) is 0 Å². The Labute approximate surface area is 97.3 Å². The summed E-state index contributed by atoms with van der Waals surface area (Å²) in [6.07, 6.45) is 3.69. The lowest BCUT2D eigenvalue weighted by molar-refractivity contribution is 1.32. The summed E-state index contributed by atoms with van der Waals surface area (Å²) >= 11 is 2.36. The maximum absolute atomic E-state index is 4.12. The van der Waals surface area contributed by atoms with E-state index in [4.69, 9.17) is 0 Å². The molecule has 0 aliphatic heterocycles. The van der Waals surface area contributed by atoms with Crippen molar-refractivity contribution < 1.29 is 0 Å². The molecule has 1 aromatic heterocycles. The summed E-state index contributed by atoms with van der Waals surface area (Å²) in [7, 11) is 0. The zero-order chi connectivity index (χ0) is 9.97. The normalized spacial score (nSPS) is 10.1. The highest BCUT2D eigenvalue weighted by atomic mass is 127. The molecule has 2 aromatic rings. The highest BCUT2D eigenvalue weighted by Gasteiger charge is 2.01. The van der Waals surface area contributed by atoms with Crippen molar-refractivity contribution in [1.82, 2.24) is 4.98 Å². The second-order valence-electron chi connectivity index (χ2n) is 3.23. The first-order valence-electron chi connectivity index (χ1n) is 4.44. The van der Waals surface area contributed by atoms with Crippen LogP contribution in [0.25, 0.3) is 11.1 Å². The molecule has 2 heteroatoms. The molecule has 0 radical (unpaired) electrons. The number of nitrogens with zero attached hydrogens (tertiary/aromatic N) is 1. The van der Waals surface area contributed by atoms with Gasteiger partial charge >= 0.3 is 0 Å². The molecule has 0 N–H and O–H groups in total. The van der Waals surface area contributed by atoms with E-state index < -0.39 is 0 Å². The van der Waals surface area contributed by atoms with Crippen LogP contribution < -0.4 is 0 Å². The Bertz CT molecular complexity index is 437. The van der Waals surface area contributed by atoms with E-state index in [2.05, 4.69) is 58.8 Å². The van der Waals surface area contributed by atoms with Crippen LogP contribution in [-0.2, 0) is 0 Å². The Morgan fingerprint density at radius 2 is 2.07 bits per heavy atom. The second-order valence-corrected chi connectivity index (χ2v) is 4.39. The van der Waals surface area contributed by atoms with Gasteiger partial charge in [0, 0.05) is 21.5 Å². The fourth-order valence-electron chi connectivity index (χ4n) is 1.38. The largest absolute Gasteiger partial charge is 0.264 e. The van der Waals surface area contributed by atoms with Crippen LogP contribution in [0.4, 0.5) is 0 Å². The lowest BCUT2D eigenvalue weighted by atomic mass is 10.1. The van der Waals surface area contributed by atoms with E-state index in [0.717, 1.165) is 0 Å². The van der Waals surface area contributed by atoms with Gasteiger partial charge in [0.05, 0.1) is 0 Å². The summed E-state index contributed by atoms with van der Waals surface area (Å²) in [4.78, 5) is 4.12. The Balaban J connectivity index is 2.53. The van der Waals surface area contributed by atoms with Crippen molar-refractivity contribution in [3.05, 3.63) is 51.9 Å². The number of benzene rings is 1. The molecule has 0 atom stereocenters. The summed E-state index contributed by atoms with van der Waals surface area (Å²) in [5.41, 5.74) is 3.73. The quantitative estimate of drug-likeness (QED) is 0.732. The summed E-state index contributed by atoms with van der Waals surface area (Å²) < 4.78 is 1.27. The molecule has 1 nitrogen and oxygen atoms in total. The molecule has 1 heterocycles. The fraction of sp³-hybridized carbons (Fsp3) is 0.0833. The monoisotopic (exact) mass is 295 g/mol. The van der Waals surface area contributed by atoms with Crippen LogP contribution in [0.1, 0.15) is 5.56 Å². The molecule has 0 unspecified atom stereocenters. The fourth-order valence-corrected chi connectivity index (χ4v) is 2.36. The number of aromatic nitrogens is 1. The number of aryl methyl sites for hydroxylation is 1. The van der Waals surface area contributed by atoms with Crippen LogP contribution in [0, 0.1) is 10.5 Å². The number of hydrogen-bond donors (Lipinski definition) is 0. The Hall–Kier alpha value is -0.900. The van der Waals surface area contributed by atoms with Gasteiger partial charge in [-0.3, -0.25) is 4.98 Å². The van der Waals surface area contributed by atoms with Crippen LogP contribution in [0.3, 0.4) is 0 Å². The number of halogens is 1. The zero-order valence-corrected chi connectivity index (χ0v) is 10.0. The highest BCUT2D eigenvalue weighted by molar-refractivity contribution is 14.1. The molecular weight excluding hydrogens is 285 g/mol. The SMILES string of the molecule is Cc1ccc(-c2cccnc2)c(I)c1. The maximum Gasteiger partial charge on any atom is 0.0346 e. The molecule has 0 aliphatic carbocycles. The molecule has 0 amide bonds. The Morgan fingerprint density at radius 3 is 2.71 bits per heavy atom. The first kappa shape index (κ1) is 9.65. The minimum absolute atomic E-state index is 1.18. The van der Waals surface area contributed by atoms with Gasteiger partial charge in [-0.05, 0) is 47.2 Å². The van der Waals surface area contributed by atoms with Crippen LogP contribution in [0.15, 0.2) is 42.7 Å². The minimum atomic E-state index is 1.18. The smallest absolute Gasteiger partial charge is 0.0346 e. The van der Waals surface area contributed by atoms with E-state index in [9.17, 15) is 0 Å². The van der Waals surface area contributed by atoms with Gasteiger partial charge in [0.15, 0.2) is 0 Å². The van der Waals surface area contributed by atoms with E-state index in [1.165, 1.54) is 20.3 Å². The van der Waals surface area contributed by atoms with E-state index in [-0.39, 0.29) is 0 Å². The van der Waals surface area contributed by atoms with Crippen molar-refractivity contribution in [3.8, 4) is 11.1 Å². The lowest BCUT2D eigenvalue weighted by Gasteiger charge is -2.04. The molecule has 0 saturated heterocycles. The van der Waals surface area contributed by atoms with E-state index in [1.54, 1.807) is 6.20 Å². The third-order valence-corrected chi connectivity index (χ3v) is 2.99. The minimum Gasteiger partial charge on any atom is -0.264 e. The van der Waals surface area contributed by atoms with Crippen molar-refractivity contribution >= 4 is 22.6 Å². The average molecular weight is 295 g/mol. The number of pyridine rings is 1. The van der Waals surface area contributed by atoms with Gasteiger partial charge in [-0.1, -0.05) is 23.8 Å². The zero-order valence-electron chi connectivity index (χ0n) is 7.87. The van der Waals surface area contributed by atoms with Crippen molar-refractivity contribution in [1.29, 1.82) is 0 Å². The van der Waals surface area contributed by atoms with Crippen molar-refractivity contribution in [2.75, 3.05) is 0 Å². The lowest BCUT2D eigenvalue weighted by Crippen LogP contribution is -1.84. The topological polar surface area (TPSA) is 12.9 Å². The van der Waals surface area contributed by atoms with E-state index >= 15 is 0 Å². The van der Waals surface area contributed by atoms with Crippen LogP contribution in [-0.4, -0.2) is 4.98 Å². The van der Waals surface area contributed by atoms with Crippen molar-refractivity contribution in [2.45, 2.75) is 6.92 Å². The summed E-state index contributed by atoms with van der Waals surface area (Å²) in [5.74, 6) is 0. The predicted molar refractivity (Wildman–Crippen MR) is 67.1 cm³/mol. The van der Waals surface area contributed by atoms with Crippen LogP contribution in [0.5, 0.6) is 0 Å². The Morgan fingerprint density at radius 1 is 1.21 bits per heavy atom. The van der Waals surface area contributed by atoms with Crippen LogP contribution >= 0.6 is 22.6 Å². The maximum atomic E-state index is 4.12. The van der Waals surface area contributed by atoms with Gasteiger partial charge in [0.2, 0.25) is 0 Å². The van der Waals surface area contributed by atoms with E-state index in [0.29, 0.717) is 0 Å². The molecule has 0 bridgehead atoms. The first-order chi connectivity index (χ1) is 6.77. The van der Waals surface area contributed by atoms with Gasteiger partial charge in [-0.15, -0.1) is 0 Å². The van der Waals surface area contributed by atoms with Crippen molar-refractivity contribution in [2.24, 2.45) is 0 Å². The predicted octanol–water partition coefficient (Wildman–Crippen LogP) is 3.66. The summed E-state index contributed by atoms with van der Waals surface area (Å²) in [5, 5.41) is 0. The molecule has 70 valence electrons. The summed E-state index contributed by atoms with van der Waals surface area (Å²) in [6, 6.07) is 10.5. The molecule has 0 fully saturated rings. The van der Waals surface area contributed by atoms with Gasteiger partial charge in [-0.25, -0.2) is 0 Å². The molecule has 2 rings (SSSR count). The standard InChI is InChI=1S/C12H10IN/c1-9-4-5-11(12(13)7-9)10-3-2-6-14-8-10/h2-8H,1H3. The molecule has 0 saturated carbocycles. The third-order valence-electron chi connectivity index (χ3n) is 2.10. The van der Waals surface area contributed by atoms with Gasteiger partial charge in [-0.2, -0.15) is 0 Å². The first-order valence-corrected chi connectivity index (χ1v) is 5.52. The molecule has 14 heavy (non-hydrogen) atoms. The molecule has 0 aliphatic rings. The molecular formula is C12H10IN. The Kier molecular flexibility index (Phi) is 2.82. The third kappa shape index (κ3) is 1.95. The molecule has 0 spiro atoms. The highest BCUT2D eigenvalue weighted by Crippen LogP contribution is 2.24. The van der Waals surface area contributed by atoms with Gasteiger partial charge in [0.25, 0.3) is 0 Å². The molecule has 1 aromatic carbocycles. The summed E-state index contributed by atoms with van der Waals surface area (Å²) in [6.45, 7) is 2.11. The van der Waals surface area contributed by atoms with E-state index in [1.807, 2.05) is 12.3 Å². The van der Waals surface area contributed by atoms with Gasteiger partial charge in [0.1, 0.15) is 0 Å². The number of rotatable bonds is 1. The second kappa shape index (κ2) is 4.09. The van der Waals surface area contributed by atoms with Gasteiger partial charge < -0.3 is 0 Å². The van der Waals surface area contributed by atoms with Crippen LogP contribution in [0.2, 0.25) is 0 Å².